The van der Waals surface area contributed by atoms with Crippen LogP contribution in [0.25, 0.3) is 0 Å². The van der Waals surface area contributed by atoms with E-state index >= 15 is 0 Å². The van der Waals surface area contributed by atoms with Crippen LogP contribution in [-0.4, -0.2) is 44.6 Å². The van der Waals surface area contributed by atoms with Gasteiger partial charge in [0.05, 0.1) is 19.1 Å². The lowest BCUT2D eigenvalue weighted by atomic mass is 9.93. The van der Waals surface area contributed by atoms with Gasteiger partial charge in [0.2, 0.25) is 0 Å². The molecule has 88 valence electrons. The predicted molar refractivity (Wildman–Crippen MR) is 55.0 cm³/mol. The van der Waals surface area contributed by atoms with Gasteiger partial charge in [0.1, 0.15) is 6.29 Å². The Bertz CT molecular complexity index is 219. The number of hydrogen-bond acceptors (Lipinski definition) is 4. The van der Waals surface area contributed by atoms with Gasteiger partial charge in [-0.05, 0) is 0 Å². The number of hydrogen-bond donors (Lipinski definition) is 0. The number of nitrogens with zero attached hydrogens (tertiary/aromatic N) is 1. The Morgan fingerprint density at radius 1 is 1.33 bits per heavy atom. The Balaban J connectivity index is 4.57. The minimum Gasteiger partial charge on any atom is -0.380 e. The highest BCUT2D eigenvalue weighted by molar-refractivity contribution is 5.78. The van der Waals surface area contributed by atoms with E-state index < -0.39 is 12.0 Å². The van der Waals surface area contributed by atoms with Gasteiger partial charge >= 0.3 is 0 Å². The molecule has 0 fully saturated rings. The van der Waals surface area contributed by atoms with Crippen LogP contribution in [0.2, 0.25) is 0 Å². The molecule has 0 rings (SSSR count). The fourth-order valence-electron chi connectivity index (χ4n) is 1.47. The molecular weight excluding hydrogens is 198 g/mol. The van der Waals surface area contributed by atoms with Gasteiger partial charge in [0.25, 0.3) is 5.91 Å². The SMILES string of the molecule is COC(C(C)C=O)C(C)C(=O)N(C)OC. The molecule has 3 atom stereocenters. The maximum atomic E-state index is 11.7. The van der Waals surface area contributed by atoms with Crippen molar-refractivity contribution in [1.29, 1.82) is 0 Å². The molecule has 0 bridgehead atoms. The number of carbonyl (C=O) groups is 2. The van der Waals surface area contributed by atoms with E-state index in [1.54, 1.807) is 13.8 Å². The standard InChI is InChI=1S/C10H19NO4/c1-7(6-12)9(14-4)8(2)10(13)11(3)15-5/h6-9H,1-5H3. The summed E-state index contributed by atoms with van der Waals surface area (Å²) in [5.74, 6) is -0.947. The molecule has 0 N–H and O–H groups in total. The van der Waals surface area contributed by atoms with Crippen molar-refractivity contribution in [1.82, 2.24) is 5.06 Å². The van der Waals surface area contributed by atoms with Crippen molar-refractivity contribution in [2.45, 2.75) is 20.0 Å². The Morgan fingerprint density at radius 2 is 1.87 bits per heavy atom. The van der Waals surface area contributed by atoms with Crippen LogP contribution in [0.4, 0.5) is 0 Å². The van der Waals surface area contributed by atoms with E-state index in [9.17, 15) is 9.59 Å². The van der Waals surface area contributed by atoms with Gasteiger partial charge in [0, 0.05) is 20.1 Å². The lowest BCUT2D eigenvalue weighted by Gasteiger charge is -2.27. The third-order valence-corrected chi connectivity index (χ3v) is 2.47. The van der Waals surface area contributed by atoms with Crippen molar-refractivity contribution >= 4 is 12.2 Å². The van der Waals surface area contributed by atoms with Crippen LogP contribution in [0.3, 0.4) is 0 Å². The summed E-state index contributed by atoms with van der Waals surface area (Å²) in [5.41, 5.74) is 0. The van der Waals surface area contributed by atoms with Crippen molar-refractivity contribution in [2.75, 3.05) is 21.3 Å². The van der Waals surface area contributed by atoms with Crippen LogP contribution in [-0.2, 0) is 19.2 Å². The van der Waals surface area contributed by atoms with Gasteiger partial charge < -0.3 is 9.53 Å². The topological polar surface area (TPSA) is 55.8 Å². The molecular formula is C10H19NO4. The Kier molecular flexibility index (Phi) is 6.12. The monoisotopic (exact) mass is 217 g/mol. The summed E-state index contributed by atoms with van der Waals surface area (Å²) >= 11 is 0. The van der Waals surface area contributed by atoms with Crippen molar-refractivity contribution in [3.63, 3.8) is 0 Å². The Hall–Kier alpha value is -0.940. The average Bonchev–Trinajstić information content (AvgIpc) is 2.27. The van der Waals surface area contributed by atoms with Crippen LogP contribution in [0.1, 0.15) is 13.8 Å². The quantitative estimate of drug-likeness (QED) is 0.480. The summed E-state index contributed by atoms with van der Waals surface area (Å²) in [6, 6.07) is 0. The molecule has 0 aliphatic carbocycles. The van der Waals surface area contributed by atoms with Crippen molar-refractivity contribution in [3.05, 3.63) is 0 Å². The van der Waals surface area contributed by atoms with Crippen LogP contribution in [0.5, 0.6) is 0 Å². The summed E-state index contributed by atoms with van der Waals surface area (Å²) in [4.78, 5) is 27.1. The molecule has 0 aromatic rings. The molecule has 0 aromatic heterocycles. The molecule has 15 heavy (non-hydrogen) atoms. The van der Waals surface area contributed by atoms with E-state index in [0.29, 0.717) is 0 Å². The zero-order chi connectivity index (χ0) is 12.0. The highest BCUT2D eigenvalue weighted by atomic mass is 16.7. The van der Waals surface area contributed by atoms with Crippen molar-refractivity contribution in [2.24, 2.45) is 11.8 Å². The number of hydroxylamine groups is 2. The van der Waals surface area contributed by atoms with Crippen LogP contribution in [0.15, 0.2) is 0 Å². The highest BCUT2D eigenvalue weighted by Gasteiger charge is 2.30. The van der Waals surface area contributed by atoms with Crippen LogP contribution >= 0.6 is 0 Å². The molecule has 0 aromatic carbocycles. The lowest BCUT2D eigenvalue weighted by molar-refractivity contribution is -0.178. The first-order valence-electron chi connectivity index (χ1n) is 4.79. The van der Waals surface area contributed by atoms with Crippen LogP contribution < -0.4 is 0 Å². The van der Waals surface area contributed by atoms with Gasteiger partial charge in [-0.25, -0.2) is 5.06 Å². The molecule has 0 heterocycles. The van der Waals surface area contributed by atoms with E-state index in [1.165, 1.54) is 21.3 Å². The second-order valence-corrected chi connectivity index (χ2v) is 3.50. The van der Waals surface area contributed by atoms with Gasteiger partial charge in [-0.15, -0.1) is 0 Å². The third kappa shape index (κ3) is 3.60. The van der Waals surface area contributed by atoms with E-state index in [0.717, 1.165) is 11.3 Å². The molecule has 1 amide bonds. The average molecular weight is 217 g/mol. The minimum atomic E-state index is -0.424. The number of methoxy groups -OCH3 is 1. The predicted octanol–water partition coefficient (Wildman–Crippen LogP) is 0.492. The zero-order valence-corrected chi connectivity index (χ0v) is 9.89. The van der Waals surface area contributed by atoms with Gasteiger partial charge in [0.15, 0.2) is 0 Å². The van der Waals surface area contributed by atoms with Crippen molar-refractivity contribution in [3.8, 4) is 0 Å². The van der Waals surface area contributed by atoms with E-state index in [-0.39, 0.29) is 11.8 Å². The first kappa shape index (κ1) is 14.1. The highest BCUT2D eigenvalue weighted by Crippen LogP contribution is 2.17. The fraction of sp³-hybridized carbons (Fsp3) is 0.800. The number of aldehydes is 1. The molecule has 0 aliphatic heterocycles. The Morgan fingerprint density at radius 3 is 2.20 bits per heavy atom. The molecule has 3 unspecified atom stereocenters. The zero-order valence-electron chi connectivity index (χ0n) is 9.89. The lowest BCUT2D eigenvalue weighted by Crippen LogP contribution is -2.40. The fourth-order valence-corrected chi connectivity index (χ4v) is 1.47. The summed E-state index contributed by atoms with van der Waals surface area (Å²) in [7, 11) is 4.42. The minimum absolute atomic E-state index is 0.210. The molecule has 5 heteroatoms. The largest absolute Gasteiger partial charge is 0.380 e. The number of ether oxygens (including phenoxy) is 1. The summed E-state index contributed by atoms with van der Waals surface area (Å²) < 4.78 is 5.15. The number of rotatable bonds is 6. The second kappa shape index (κ2) is 6.53. The van der Waals surface area contributed by atoms with Gasteiger partial charge in [-0.1, -0.05) is 13.8 Å². The molecule has 0 spiro atoms. The number of carbonyl (C=O) groups excluding carboxylic acids is 2. The summed E-state index contributed by atoms with van der Waals surface area (Å²) in [6.45, 7) is 3.43. The summed E-state index contributed by atoms with van der Waals surface area (Å²) in [6.07, 6.45) is 0.359. The molecule has 0 saturated heterocycles. The summed E-state index contributed by atoms with van der Waals surface area (Å²) in [5, 5.41) is 1.13. The Labute approximate surface area is 90.3 Å². The molecule has 5 nitrogen and oxygen atoms in total. The molecule has 0 saturated carbocycles. The van der Waals surface area contributed by atoms with Gasteiger partial charge in [-0.3, -0.25) is 9.63 Å². The normalized spacial score (nSPS) is 16.6. The first-order chi connectivity index (χ1) is 6.99. The maximum absolute atomic E-state index is 11.7. The smallest absolute Gasteiger partial charge is 0.251 e. The second-order valence-electron chi connectivity index (χ2n) is 3.50. The van der Waals surface area contributed by atoms with E-state index in [4.69, 9.17) is 9.57 Å². The molecule has 0 radical (unpaired) electrons. The first-order valence-corrected chi connectivity index (χ1v) is 4.79. The number of amides is 1. The van der Waals surface area contributed by atoms with E-state index in [2.05, 4.69) is 0 Å². The van der Waals surface area contributed by atoms with Gasteiger partial charge in [-0.2, -0.15) is 0 Å². The van der Waals surface area contributed by atoms with Crippen molar-refractivity contribution < 1.29 is 19.2 Å². The van der Waals surface area contributed by atoms with Crippen LogP contribution in [0, 0.1) is 11.8 Å². The third-order valence-electron chi connectivity index (χ3n) is 2.47. The molecule has 0 aliphatic rings. The van der Waals surface area contributed by atoms with E-state index in [1.807, 2.05) is 0 Å². The maximum Gasteiger partial charge on any atom is 0.251 e.